The molecular weight excluding hydrogens is 318 g/mol. The molecule has 0 atom stereocenters. The maximum absolute atomic E-state index is 12.3. The zero-order valence-electron chi connectivity index (χ0n) is 14.4. The van der Waals surface area contributed by atoms with Gasteiger partial charge in [-0.05, 0) is 38.9 Å². The van der Waals surface area contributed by atoms with E-state index in [0.717, 1.165) is 57.1 Å². The second kappa shape index (κ2) is 6.79. The molecule has 1 amide bonds. The van der Waals surface area contributed by atoms with E-state index in [1.165, 1.54) is 5.69 Å². The van der Waals surface area contributed by atoms with Gasteiger partial charge in [0.05, 0.1) is 36.9 Å². The van der Waals surface area contributed by atoms with Crippen LogP contribution in [0.1, 0.15) is 34.7 Å². The normalized spacial score (nSPS) is 18.0. The Balaban J connectivity index is 1.41. The first-order valence-electron chi connectivity index (χ1n) is 8.81. The number of nitrogens with zero attached hydrogens (tertiary/aromatic N) is 5. The second-order valence-electron chi connectivity index (χ2n) is 6.68. The van der Waals surface area contributed by atoms with Crippen LogP contribution in [0.3, 0.4) is 0 Å². The van der Waals surface area contributed by atoms with Crippen molar-refractivity contribution < 1.29 is 4.79 Å². The van der Waals surface area contributed by atoms with Crippen molar-refractivity contribution in [2.45, 2.75) is 38.9 Å². The summed E-state index contributed by atoms with van der Waals surface area (Å²) in [5, 5.41) is 10.8. The number of aromatic nitrogens is 4. The number of amides is 1. The van der Waals surface area contributed by atoms with Gasteiger partial charge in [0.15, 0.2) is 0 Å². The molecule has 2 aliphatic heterocycles. The summed E-state index contributed by atoms with van der Waals surface area (Å²) in [6.45, 7) is 6.33. The van der Waals surface area contributed by atoms with Crippen LogP contribution in [-0.4, -0.2) is 51.3 Å². The van der Waals surface area contributed by atoms with E-state index in [0.29, 0.717) is 5.69 Å². The highest BCUT2D eigenvalue weighted by Gasteiger charge is 2.20. The van der Waals surface area contributed by atoms with Crippen molar-refractivity contribution in [3.63, 3.8) is 0 Å². The van der Waals surface area contributed by atoms with E-state index in [4.69, 9.17) is 0 Å². The molecule has 0 aromatic carbocycles. The molecule has 0 bridgehead atoms. The van der Waals surface area contributed by atoms with Crippen LogP contribution in [0, 0.1) is 6.92 Å². The number of nitrogens with one attached hydrogen (secondary N) is 2. The van der Waals surface area contributed by atoms with E-state index in [9.17, 15) is 4.79 Å². The first-order valence-corrected chi connectivity index (χ1v) is 8.81. The van der Waals surface area contributed by atoms with Crippen LogP contribution in [0.25, 0.3) is 0 Å². The zero-order chi connectivity index (χ0) is 17.2. The van der Waals surface area contributed by atoms with Gasteiger partial charge in [-0.2, -0.15) is 5.10 Å². The maximum atomic E-state index is 12.3. The Bertz CT molecular complexity index is 749. The third kappa shape index (κ3) is 3.48. The highest BCUT2D eigenvalue weighted by Crippen LogP contribution is 2.18. The molecule has 0 radical (unpaired) electrons. The molecule has 2 aromatic rings. The molecule has 0 aliphatic carbocycles. The van der Waals surface area contributed by atoms with Crippen LogP contribution < -0.4 is 15.5 Å². The number of anilines is 1. The predicted octanol–water partition coefficient (Wildman–Crippen LogP) is 0.484. The third-order valence-corrected chi connectivity index (χ3v) is 4.79. The Morgan fingerprint density at radius 2 is 2.08 bits per heavy atom. The van der Waals surface area contributed by atoms with E-state index in [-0.39, 0.29) is 11.9 Å². The molecule has 2 N–H and O–H groups in total. The van der Waals surface area contributed by atoms with Crippen LogP contribution in [0.15, 0.2) is 18.5 Å². The van der Waals surface area contributed by atoms with E-state index < -0.39 is 0 Å². The second-order valence-corrected chi connectivity index (χ2v) is 6.68. The molecule has 25 heavy (non-hydrogen) atoms. The molecular formula is C17H23N7O. The summed E-state index contributed by atoms with van der Waals surface area (Å²) in [6, 6.07) is 2.32. The monoisotopic (exact) mass is 341 g/mol. The molecule has 2 aromatic heterocycles. The molecule has 1 fully saturated rings. The molecule has 8 nitrogen and oxygen atoms in total. The average molecular weight is 341 g/mol. The van der Waals surface area contributed by atoms with Crippen LogP contribution in [0.2, 0.25) is 0 Å². The van der Waals surface area contributed by atoms with Crippen molar-refractivity contribution in [1.29, 1.82) is 0 Å². The quantitative estimate of drug-likeness (QED) is 0.844. The first-order chi connectivity index (χ1) is 12.2. The van der Waals surface area contributed by atoms with Crippen LogP contribution in [0.4, 0.5) is 5.82 Å². The molecule has 2 aliphatic rings. The van der Waals surface area contributed by atoms with Gasteiger partial charge in [-0.1, -0.05) is 0 Å². The molecule has 0 saturated carbocycles. The highest BCUT2D eigenvalue weighted by molar-refractivity contribution is 5.92. The van der Waals surface area contributed by atoms with Gasteiger partial charge < -0.3 is 15.5 Å². The summed E-state index contributed by atoms with van der Waals surface area (Å²) in [6.07, 6.45) is 5.18. The molecule has 0 spiro atoms. The number of fused-ring (bicyclic) bond motifs is 1. The number of hydrogen-bond acceptors (Lipinski definition) is 6. The molecule has 4 rings (SSSR count). The Hall–Kier alpha value is -2.48. The van der Waals surface area contributed by atoms with Crippen molar-refractivity contribution in [2.24, 2.45) is 0 Å². The lowest BCUT2D eigenvalue weighted by molar-refractivity contribution is 0.0924. The number of carbonyl (C=O) groups excluding carboxylic acids is 1. The fourth-order valence-electron chi connectivity index (χ4n) is 3.43. The van der Waals surface area contributed by atoms with Gasteiger partial charge in [-0.25, -0.2) is 9.97 Å². The Labute approximate surface area is 146 Å². The maximum Gasteiger partial charge on any atom is 0.271 e. The largest absolute Gasteiger partial charge is 0.348 e. The fraction of sp³-hybridized carbons (Fsp3) is 0.529. The smallest absolute Gasteiger partial charge is 0.271 e. The summed E-state index contributed by atoms with van der Waals surface area (Å²) in [7, 11) is 0. The minimum atomic E-state index is -0.140. The summed E-state index contributed by atoms with van der Waals surface area (Å²) < 4.78 is 2.04. The minimum Gasteiger partial charge on any atom is -0.348 e. The van der Waals surface area contributed by atoms with E-state index in [2.05, 4.69) is 36.7 Å². The molecule has 132 valence electrons. The summed E-state index contributed by atoms with van der Waals surface area (Å²) in [5.74, 6) is 0.654. The number of hydrogen-bond donors (Lipinski definition) is 2. The van der Waals surface area contributed by atoms with Crippen LogP contribution >= 0.6 is 0 Å². The predicted molar refractivity (Wildman–Crippen MR) is 93.4 cm³/mol. The van der Waals surface area contributed by atoms with Gasteiger partial charge in [0.1, 0.15) is 11.5 Å². The van der Waals surface area contributed by atoms with Gasteiger partial charge >= 0.3 is 0 Å². The van der Waals surface area contributed by atoms with E-state index >= 15 is 0 Å². The first kappa shape index (κ1) is 16.0. The van der Waals surface area contributed by atoms with Gasteiger partial charge in [-0.15, -0.1) is 0 Å². The van der Waals surface area contributed by atoms with Gasteiger partial charge in [0.2, 0.25) is 0 Å². The standard InChI is InChI=1S/C17H23N7O/c1-12-8-14-11-23(6-7-24(14)22-12)16-10-19-15(9-20-16)17(25)21-13-2-4-18-5-3-13/h8-10,13,18H,2-7,11H2,1H3,(H,21,25). The Morgan fingerprint density at radius 1 is 1.24 bits per heavy atom. The highest BCUT2D eigenvalue weighted by atomic mass is 16.1. The topological polar surface area (TPSA) is 88.0 Å². The number of aryl methyl sites for hydroxylation is 1. The summed E-state index contributed by atoms with van der Waals surface area (Å²) in [4.78, 5) is 23.3. The van der Waals surface area contributed by atoms with Crippen molar-refractivity contribution in [1.82, 2.24) is 30.4 Å². The average Bonchev–Trinajstić information content (AvgIpc) is 3.02. The van der Waals surface area contributed by atoms with Crippen molar-refractivity contribution in [3.05, 3.63) is 35.5 Å². The fourth-order valence-corrected chi connectivity index (χ4v) is 3.43. The lowest BCUT2D eigenvalue weighted by Crippen LogP contribution is -2.43. The Kier molecular flexibility index (Phi) is 4.35. The summed E-state index contributed by atoms with van der Waals surface area (Å²) >= 11 is 0. The van der Waals surface area contributed by atoms with Crippen molar-refractivity contribution in [2.75, 3.05) is 24.5 Å². The Morgan fingerprint density at radius 3 is 2.84 bits per heavy atom. The molecule has 8 heteroatoms. The molecule has 0 unspecified atom stereocenters. The minimum absolute atomic E-state index is 0.140. The molecule has 1 saturated heterocycles. The number of piperidine rings is 1. The van der Waals surface area contributed by atoms with Crippen molar-refractivity contribution in [3.8, 4) is 0 Å². The number of carbonyl (C=O) groups is 1. The van der Waals surface area contributed by atoms with Crippen molar-refractivity contribution >= 4 is 11.7 Å². The lowest BCUT2D eigenvalue weighted by atomic mass is 10.1. The third-order valence-electron chi connectivity index (χ3n) is 4.79. The zero-order valence-corrected chi connectivity index (χ0v) is 14.4. The van der Waals surface area contributed by atoms with Gasteiger partial charge in [0, 0.05) is 12.6 Å². The van der Waals surface area contributed by atoms with Gasteiger partial charge in [-0.3, -0.25) is 9.48 Å². The molecule has 4 heterocycles. The van der Waals surface area contributed by atoms with E-state index in [1.807, 2.05) is 11.6 Å². The van der Waals surface area contributed by atoms with Gasteiger partial charge in [0.25, 0.3) is 5.91 Å². The van der Waals surface area contributed by atoms with Crippen LogP contribution in [0.5, 0.6) is 0 Å². The van der Waals surface area contributed by atoms with Crippen LogP contribution in [-0.2, 0) is 13.1 Å². The number of rotatable bonds is 3. The lowest BCUT2D eigenvalue weighted by Gasteiger charge is -2.28. The summed E-state index contributed by atoms with van der Waals surface area (Å²) in [5.41, 5.74) is 2.59. The van der Waals surface area contributed by atoms with E-state index in [1.54, 1.807) is 12.4 Å². The SMILES string of the molecule is Cc1cc2n(n1)CCN(c1cnc(C(=O)NC3CCNCC3)cn1)C2.